The van der Waals surface area contributed by atoms with Crippen molar-refractivity contribution in [2.45, 2.75) is 33.2 Å². The standard InChI is InChI=1S/C20H24N4O3/c1-11-21-19-22-13-9-20(2,3)10-14(25)17(13)18(24(19)23-11)12-6-7-15(26-4)16(8-12)27-5/h6-9,17-18H,10H2,1-5H3,(H,21,22,23)/t17-,18-/m0/s1. The number of carbonyl (C=O) groups is 1. The molecule has 1 aliphatic heterocycles. The number of nitrogens with one attached hydrogen (secondary N) is 1. The summed E-state index contributed by atoms with van der Waals surface area (Å²) >= 11 is 0. The van der Waals surface area contributed by atoms with Crippen molar-refractivity contribution in [2.24, 2.45) is 11.3 Å². The van der Waals surface area contributed by atoms with E-state index >= 15 is 0 Å². The minimum atomic E-state index is -0.329. The molecule has 1 aromatic heterocycles. The highest BCUT2D eigenvalue weighted by atomic mass is 16.5. The third-order valence-electron chi connectivity index (χ3n) is 5.18. The molecule has 0 unspecified atom stereocenters. The third kappa shape index (κ3) is 2.87. The molecule has 1 aromatic carbocycles. The highest BCUT2D eigenvalue weighted by Crippen LogP contribution is 2.46. The van der Waals surface area contributed by atoms with Crippen LogP contribution >= 0.6 is 0 Å². The van der Waals surface area contributed by atoms with Gasteiger partial charge in [0.15, 0.2) is 11.5 Å². The summed E-state index contributed by atoms with van der Waals surface area (Å²) in [7, 11) is 3.21. The maximum atomic E-state index is 13.1. The number of hydrogen-bond donors (Lipinski definition) is 1. The Morgan fingerprint density at radius 2 is 1.96 bits per heavy atom. The molecular formula is C20H24N4O3. The molecule has 27 heavy (non-hydrogen) atoms. The summed E-state index contributed by atoms with van der Waals surface area (Å²) in [4.78, 5) is 17.6. The van der Waals surface area contributed by atoms with Gasteiger partial charge in [0, 0.05) is 12.1 Å². The number of allylic oxidation sites excluding steroid dienone is 2. The number of nitrogens with zero attached hydrogens (tertiary/aromatic N) is 3. The van der Waals surface area contributed by atoms with Crippen molar-refractivity contribution >= 4 is 11.7 Å². The molecule has 7 heteroatoms. The third-order valence-corrected chi connectivity index (χ3v) is 5.18. The molecule has 1 aliphatic carbocycles. The van der Waals surface area contributed by atoms with Gasteiger partial charge in [-0.2, -0.15) is 10.1 Å². The predicted molar refractivity (Wildman–Crippen MR) is 101 cm³/mol. The molecule has 7 nitrogen and oxygen atoms in total. The first-order valence-corrected chi connectivity index (χ1v) is 9.00. The van der Waals surface area contributed by atoms with E-state index in [1.807, 2.05) is 29.8 Å². The van der Waals surface area contributed by atoms with Crippen LogP contribution in [0.1, 0.15) is 37.7 Å². The fourth-order valence-corrected chi connectivity index (χ4v) is 4.10. The monoisotopic (exact) mass is 368 g/mol. The van der Waals surface area contributed by atoms with Crippen LogP contribution in [0.5, 0.6) is 11.5 Å². The fraction of sp³-hybridized carbons (Fsp3) is 0.450. The van der Waals surface area contributed by atoms with Crippen LogP contribution < -0.4 is 14.8 Å². The molecule has 2 aliphatic rings. The second-order valence-corrected chi connectivity index (χ2v) is 7.82. The van der Waals surface area contributed by atoms with Crippen molar-refractivity contribution in [3.05, 3.63) is 41.4 Å². The maximum Gasteiger partial charge on any atom is 0.226 e. The molecule has 0 fully saturated rings. The Bertz CT molecular complexity index is 945. The predicted octanol–water partition coefficient (Wildman–Crippen LogP) is 3.12. The summed E-state index contributed by atoms with van der Waals surface area (Å²) in [5.74, 6) is 2.46. The number of methoxy groups -OCH3 is 2. The number of aryl methyl sites for hydroxylation is 1. The molecule has 2 atom stereocenters. The van der Waals surface area contributed by atoms with Crippen LogP contribution in [0.25, 0.3) is 0 Å². The fourth-order valence-electron chi connectivity index (χ4n) is 4.10. The van der Waals surface area contributed by atoms with E-state index < -0.39 is 0 Å². The summed E-state index contributed by atoms with van der Waals surface area (Å²) in [6.45, 7) is 6.00. The number of fused-ring (bicyclic) bond motifs is 2. The number of hydrogen-bond acceptors (Lipinski definition) is 6. The zero-order valence-corrected chi connectivity index (χ0v) is 16.2. The molecule has 142 valence electrons. The first kappa shape index (κ1) is 17.6. The quantitative estimate of drug-likeness (QED) is 0.897. The van der Waals surface area contributed by atoms with Crippen LogP contribution in [0, 0.1) is 18.3 Å². The lowest BCUT2D eigenvalue weighted by molar-refractivity contribution is -0.125. The van der Waals surface area contributed by atoms with Gasteiger partial charge in [0.05, 0.1) is 26.2 Å². The summed E-state index contributed by atoms with van der Waals surface area (Å²) in [5.41, 5.74) is 1.65. The van der Waals surface area contributed by atoms with Gasteiger partial charge in [0.2, 0.25) is 5.95 Å². The number of rotatable bonds is 3. The Morgan fingerprint density at radius 1 is 1.22 bits per heavy atom. The van der Waals surface area contributed by atoms with Crippen molar-refractivity contribution in [1.82, 2.24) is 14.8 Å². The molecule has 0 spiro atoms. The topological polar surface area (TPSA) is 78.3 Å². The summed E-state index contributed by atoms with van der Waals surface area (Å²) in [5, 5.41) is 7.89. The highest BCUT2D eigenvalue weighted by molar-refractivity contribution is 5.88. The Labute approximate surface area is 158 Å². The molecule has 0 bridgehead atoms. The Hall–Kier alpha value is -2.83. The van der Waals surface area contributed by atoms with Gasteiger partial charge >= 0.3 is 0 Å². The van der Waals surface area contributed by atoms with Gasteiger partial charge in [-0.3, -0.25) is 4.79 Å². The zero-order valence-electron chi connectivity index (χ0n) is 16.2. The normalized spacial score (nSPS) is 23.0. The molecule has 2 heterocycles. The molecule has 0 saturated heterocycles. The Morgan fingerprint density at radius 3 is 2.67 bits per heavy atom. The minimum absolute atomic E-state index is 0.185. The highest BCUT2D eigenvalue weighted by Gasteiger charge is 2.45. The number of ketones is 1. The van der Waals surface area contributed by atoms with Crippen LogP contribution in [0.2, 0.25) is 0 Å². The van der Waals surface area contributed by atoms with E-state index in [1.165, 1.54) is 0 Å². The number of Topliss-reactive ketones (excluding diaryl/α,β-unsaturated/α-hetero) is 1. The van der Waals surface area contributed by atoms with Crippen LogP contribution in [0.4, 0.5) is 5.95 Å². The van der Waals surface area contributed by atoms with E-state index in [4.69, 9.17) is 9.47 Å². The lowest BCUT2D eigenvalue weighted by Gasteiger charge is -2.40. The van der Waals surface area contributed by atoms with Gasteiger partial charge < -0.3 is 14.8 Å². The molecule has 0 amide bonds. The second kappa shape index (κ2) is 6.11. The number of carbonyl (C=O) groups excluding carboxylic acids is 1. The van der Waals surface area contributed by atoms with Gasteiger partial charge in [-0.1, -0.05) is 26.0 Å². The summed E-state index contributed by atoms with van der Waals surface area (Å²) in [6.07, 6.45) is 2.65. The van der Waals surface area contributed by atoms with Crippen molar-refractivity contribution in [3.8, 4) is 11.5 Å². The second-order valence-electron chi connectivity index (χ2n) is 7.82. The van der Waals surface area contributed by atoms with E-state index in [9.17, 15) is 4.79 Å². The van der Waals surface area contributed by atoms with E-state index in [0.717, 1.165) is 11.3 Å². The average molecular weight is 368 g/mol. The van der Waals surface area contributed by atoms with Gasteiger partial charge in [0.1, 0.15) is 11.6 Å². The van der Waals surface area contributed by atoms with Gasteiger partial charge in [0.25, 0.3) is 0 Å². The van der Waals surface area contributed by atoms with Crippen LogP contribution in [-0.2, 0) is 4.79 Å². The summed E-state index contributed by atoms with van der Waals surface area (Å²) < 4.78 is 12.6. The maximum absolute atomic E-state index is 13.1. The smallest absolute Gasteiger partial charge is 0.226 e. The van der Waals surface area contributed by atoms with Crippen molar-refractivity contribution in [2.75, 3.05) is 19.5 Å². The largest absolute Gasteiger partial charge is 0.493 e. The van der Waals surface area contributed by atoms with Gasteiger partial charge in [-0.15, -0.1) is 0 Å². The van der Waals surface area contributed by atoms with E-state index in [0.29, 0.717) is 29.7 Å². The Kier molecular flexibility index (Phi) is 3.98. The van der Waals surface area contributed by atoms with E-state index in [-0.39, 0.29) is 23.2 Å². The Balaban J connectivity index is 1.90. The first-order chi connectivity index (χ1) is 12.8. The lowest BCUT2D eigenvalue weighted by Crippen LogP contribution is -2.42. The number of aromatic nitrogens is 3. The SMILES string of the molecule is COc1ccc([C@H]2[C@@H]3C(=O)CC(C)(C)C=C3Nc3nc(C)nn32)cc1OC. The van der Waals surface area contributed by atoms with E-state index in [1.54, 1.807) is 14.2 Å². The molecule has 4 rings (SSSR count). The van der Waals surface area contributed by atoms with Gasteiger partial charge in [-0.05, 0) is 30.0 Å². The molecule has 1 N–H and O–H groups in total. The number of anilines is 1. The first-order valence-electron chi connectivity index (χ1n) is 9.00. The van der Waals surface area contributed by atoms with Crippen molar-refractivity contribution < 1.29 is 14.3 Å². The lowest BCUT2D eigenvalue weighted by atomic mass is 9.72. The molecule has 0 saturated carbocycles. The molecule has 0 radical (unpaired) electrons. The number of benzene rings is 1. The summed E-state index contributed by atoms with van der Waals surface area (Å²) in [6, 6.07) is 5.46. The van der Waals surface area contributed by atoms with Crippen molar-refractivity contribution in [1.29, 1.82) is 0 Å². The zero-order chi connectivity index (χ0) is 19.3. The number of ether oxygens (including phenoxy) is 2. The molecule has 2 aromatic rings. The average Bonchev–Trinajstić information content (AvgIpc) is 2.97. The van der Waals surface area contributed by atoms with Crippen LogP contribution in [0.15, 0.2) is 30.0 Å². The van der Waals surface area contributed by atoms with Crippen LogP contribution in [0.3, 0.4) is 0 Å². The van der Waals surface area contributed by atoms with Gasteiger partial charge in [-0.25, -0.2) is 4.68 Å². The molecular weight excluding hydrogens is 344 g/mol. The minimum Gasteiger partial charge on any atom is -0.493 e. The van der Waals surface area contributed by atoms with Crippen molar-refractivity contribution in [3.63, 3.8) is 0 Å². The van der Waals surface area contributed by atoms with E-state index in [2.05, 4.69) is 35.3 Å². The van der Waals surface area contributed by atoms with Crippen LogP contribution in [-0.4, -0.2) is 34.8 Å².